The largest absolute Gasteiger partial charge is 0.494 e. The van der Waals surface area contributed by atoms with Gasteiger partial charge in [0.2, 0.25) is 0 Å². The smallest absolute Gasteiger partial charge is 0.165 e. The van der Waals surface area contributed by atoms with Crippen LogP contribution in [0.4, 0.5) is 4.39 Å². The molecule has 3 rings (SSSR count). The van der Waals surface area contributed by atoms with Crippen LogP contribution in [0.3, 0.4) is 0 Å². The van der Waals surface area contributed by atoms with Gasteiger partial charge in [0.25, 0.3) is 0 Å². The van der Waals surface area contributed by atoms with Gasteiger partial charge in [-0.05, 0) is 61.1 Å². The number of hydrogen-bond acceptors (Lipinski definition) is 1. The maximum Gasteiger partial charge on any atom is 0.165 e. The lowest BCUT2D eigenvalue weighted by Crippen LogP contribution is -2.28. The van der Waals surface area contributed by atoms with E-state index < -0.39 is 0 Å². The Morgan fingerprint density at radius 2 is 1.69 bits per heavy atom. The Morgan fingerprint density at radius 1 is 0.966 bits per heavy atom. The van der Waals surface area contributed by atoms with E-state index in [0.29, 0.717) is 5.75 Å². The lowest BCUT2D eigenvalue weighted by molar-refractivity contribution is 0.184. The van der Waals surface area contributed by atoms with Crippen molar-refractivity contribution in [3.05, 3.63) is 29.6 Å². The number of benzene rings is 1. The molecule has 0 aromatic heterocycles. The van der Waals surface area contributed by atoms with Gasteiger partial charge in [-0.15, -0.1) is 0 Å². The van der Waals surface area contributed by atoms with E-state index in [0.717, 1.165) is 29.7 Å². The monoisotopic (exact) mass is 418 g/mol. The second-order valence-corrected chi connectivity index (χ2v) is 13.4. The quantitative estimate of drug-likeness (QED) is 0.278. The summed E-state index contributed by atoms with van der Waals surface area (Å²) < 4.78 is 18.8. The second-order valence-electron chi connectivity index (χ2n) is 9.92. The van der Waals surface area contributed by atoms with Crippen molar-refractivity contribution in [2.45, 2.75) is 102 Å². The minimum atomic E-state index is -0.333. The summed E-state index contributed by atoms with van der Waals surface area (Å²) in [6.07, 6.45) is 16.8. The number of hydrogen-bond donors (Lipinski definition) is 0. The summed E-state index contributed by atoms with van der Waals surface area (Å²) >= 11 is 0. The van der Waals surface area contributed by atoms with Gasteiger partial charge in [-0.1, -0.05) is 82.5 Å². The normalized spacial score (nSPS) is 27.7. The highest BCUT2D eigenvalue weighted by Gasteiger charge is 2.30. The van der Waals surface area contributed by atoms with Gasteiger partial charge in [-0.3, -0.25) is 0 Å². The molecule has 0 N–H and O–H groups in total. The fourth-order valence-corrected chi connectivity index (χ4v) is 9.67. The summed E-state index contributed by atoms with van der Waals surface area (Å²) in [5.41, 5.74) is 1.10. The molecule has 2 aliphatic rings. The zero-order valence-corrected chi connectivity index (χ0v) is 20.1. The van der Waals surface area contributed by atoms with Crippen molar-refractivity contribution in [2.75, 3.05) is 7.11 Å². The van der Waals surface area contributed by atoms with E-state index in [-0.39, 0.29) is 14.6 Å². The van der Waals surface area contributed by atoms with E-state index in [1.807, 2.05) is 6.07 Å². The summed E-state index contributed by atoms with van der Waals surface area (Å²) in [5.74, 6) is 3.20. The van der Waals surface area contributed by atoms with Crippen molar-refractivity contribution >= 4 is 8.80 Å². The average Bonchev–Trinajstić information content (AvgIpc) is 2.76. The maximum absolute atomic E-state index is 13.8. The Kier molecular flexibility index (Phi) is 9.55. The predicted molar refractivity (Wildman–Crippen MR) is 125 cm³/mol. The molecule has 0 radical (unpaired) electrons. The van der Waals surface area contributed by atoms with Crippen LogP contribution >= 0.6 is 0 Å². The molecule has 3 heteroatoms. The highest BCUT2D eigenvalue weighted by molar-refractivity contribution is 6.58. The first-order chi connectivity index (χ1) is 14.2. The lowest BCUT2D eigenvalue weighted by atomic mass is 9.73. The first-order valence-corrected chi connectivity index (χ1v) is 15.0. The standard InChI is InChI=1S/C26H43FOSi/c1-3-4-17-29-18-15-24(16-19-29)23-12-9-21(10-13-23)7-5-6-8-22-11-14-26(28-2)25(27)20-22/h11,14,20-21,23-24,29H,3-10,12-13,15-19H2,1-2H3/t21-,23-,24?,29?. The molecule has 0 bridgehead atoms. The molecular formula is C26H43FOSi. The molecule has 1 aromatic carbocycles. The zero-order chi connectivity index (χ0) is 20.5. The molecule has 1 aliphatic heterocycles. The van der Waals surface area contributed by atoms with Crippen molar-refractivity contribution in [3.8, 4) is 5.75 Å². The van der Waals surface area contributed by atoms with E-state index in [4.69, 9.17) is 4.74 Å². The van der Waals surface area contributed by atoms with Gasteiger partial charge in [0.05, 0.1) is 7.11 Å². The third-order valence-electron chi connectivity index (χ3n) is 7.96. The molecule has 1 heterocycles. The van der Waals surface area contributed by atoms with Crippen molar-refractivity contribution in [1.82, 2.24) is 0 Å². The van der Waals surface area contributed by atoms with Crippen LogP contribution in [-0.2, 0) is 6.42 Å². The number of halogens is 1. The summed E-state index contributed by atoms with van der Waals surface area (Å²) in [4.78, 5) is 0. The van der Waals surface area contributed by atoms with Gasteiger partial charge < -0.3 is 4.74 Å². The van der Waals surface area contributed by atoms with Crippen molar-refractivity contribution in [3.63, 3.8) is 0 Å². The van der Waals surface area contributed by atoms with Crippen LogP contribution in [0.25, 0.3) is 0 Å². The highest BCUT2D eigenvalue weighted by atomic mass is 28.3. The zero-order valence-electron chi connectivity index (χ0n) is 18.9. The summed E-state index contributed by atoms with van der Waals surface area (Å²) in [6, 6.07) is 10.3. The topological polar surface area (TPSA) is 9.23 Å². The van der Waals surface area contributed by atoms with Crippen LogP contribution in [-0.4, -0.2) is 15.9 Å². The summed E-state index contributed by atoms with van der Waals surface area (Å²) in [6.45, 7) is 2.34. The number of unbranched alkanes of at least 4 members (excludes halogenated alkanes) is 2. The van der Waals surface area contributed by atoms with Crippen LogP contribution in [0, 0.1) is 23.6 Å². The van der Waals surface area contributed by atoms with Crippen LogP contribution in [0.1, 0.15) is 83.1 Å². The van der Waals surface area contributed by atoms with Crippen LogP contribution in [0.15, 0.2) is 18.2 Å². The third kappa shape index (κ3) is 7.12. The van der Waals surface area contributed by atoms with Crippen LogP contribution < -0.4 is 4.74 Å². The third-order valence-corrected chi connectivity index (χ3v) is 11.5. The Morgan fingerprint density at radius 3 is 2.34 bits per heavy atom. The minimum Gasteiger partial charge on any atom is -0.494 e. The molecule has 0 atom stereocenters. The first kappa shape index (κ1) is 22.8. The van der Waals surface area contributed by atoms with Gasteiger partial charge in [0.1, 0.15) is 0 Å². The molecule has 1 saturated carbocycles. The van der Waals surface area contributed by atoms with Crippen LogP contribution in [0.2, 0.25) is 18.1 Å². The summed E-state index contributed by atoms with van der Waals surface area (Å²) in [5, 5.41) is 0. The molecule has 1 nitrogen and oxygen atoms in total. The molecule has 1 aliphatic carbocycles. The van der Waals surface area contributed by atoms with E-state index in [9.17, 15) is 4.39 Å². The minimum absolute atomic E-state index is 0.231. The number of methoxy groups -OCH3 is 1. The van der Waals surface area contributed by atoms with Crippen molar-refractivity contribution in [2.24, 2.45) is 17.8 Å². The van der Waals surface area contributed by atoms with Crippen molar-refractivity contribution in [1.29, 1.82) is 0 Å². The molecule has 2 fully saturated rings. The Hall–Kier alpha value is -0.833. The highest BCUT2D eigenvalue weighted by Crippen LogP contribution is 2.42. The molecule has 29 heavy (non-hydrogen) atoms. The Balaban J connectivity index is 1.28. The van der Waals surface area contributed by atoms with Gasteiger partial charge in [0, 0.05) is 8.80 Å². The van der Waals surface area contributed by atoms with Gasteiger partial charge in [-0.2, -0.15) is 0 Å². The fourth-order valence-electron chi connectivity index (χ4n) is 6.02. The molecule has 0 unspecified atom stereocenters. The Bertz CT molecular complexity index is 588. The van der Waals surface area contributed by atoms with E-state index in [2.05, 4.69) is 6.92 Å². The van der Waals surface area contributed by atoms with E-state index in [1.54, 1.807) is 43.1 Å². The summed E-state index contributed by atoms with van der Waals surface area (Å²) in [7, 11) is 1.19. The van der Waals surface area contributed by atoms with E-state index in [1.165, 1.54) is 64.9 Å². The van der Waals surface area contributed by atoms with Gasteiger partial charge >= 0.3 is 0 Å². The van der Waals surface area contributed by atoms with Crippen molar-refractivity contribution < 1.29 is 9.13 Å². The maximum atomic E-state index is 13.8. The van der Waals surface area contributed by atoms with Gasteiger partial charge in [-0.25, -0.2) is 4.39 Å². The van der Waals surface area contributed by atoms with Crippen LogP contribution in [0.5, 0.6) is 5.75 Å². The number of aryl methyl sites for hydroxylation is 1. The second kappa shape index (κ2) is 12.1. The number of ether oxygens (including phenoxy) is 1. The molecule has 164 valence electrons. The van der Waals surface area contributed by atoms with E-state index >= 15 is 0 Å². The predicted octanol–water partition coefficient (Wildman–Crippen LogP) is 7.79. The average molecular weight is 419 g/mol. The fraction of sp³-hybridized carbons (Fsp3) is 0.769. The SMILES string of the molecule is CCCC[SiH]1CCC([C@H]2CC[C@H](CCCCc3ccc(OC)c(F)c3)CC2)CC1. The first-order valence-electron chi connectivity index (χ1n) is 12.5. The lowest BCUT2D eigenvalue weighted by Gasteiger charge is -2.37. The molecule has 0 amide bonds. The Labute approximate surface area is 180 Å². The molecule has 1 aromatic rings. The molecule has 0 spiro atoms. The number of rotatable bonds is 10. The molecule has 1 saturated heterocycles. The molecular weight excluding hydrogens is 375 g/mol. The van der Waals surface area contributed by atoms with Gasteiger partial charge in [0.15, 0.2) is 11.6 Å².